The molecule has 0 bridgehead atoms. The predicted molar refractivity (Wildman–Crippen MR) is 107 cm³/mol. The fourth-order valence-corrected chi connectivity index (χ4v) is 5.06. The van der Waals surface area contributed by atoms with Crippen LogP contribution in [0.25, 0.3) is 27.5 Å². The van der Waals surface area contributed by atoms with E-state index in [1.54, 1.807) is 6.20 Å². The van der Waals surface area contributed by atoms with E-state index in [2.05, 4.69) is 32.5 Å². The van der Waals surface area contributed by atoms with Crippen molar-refractivity contribution in [2.45, 2.75) is 37.6 Å². The molecule has 5 nitrogen and oxygen atoms in total. The average molecular weight is 391 g/mol. The van der Waals surface area contributed by atoms with Gasteiger partial charge in [0.1, 0.15) is 0 Å². The number of rotatable bonds is 3. The van der Waals surface area contributed by atoms with E-state index in [0.717, 1.165) is 40.4 Å². The fraction of sp³-hybridized carbons (Fsp3) is 0.318. The van der Waals surface area contributed by atoms with Gasteiger partial charge in [-0.2, -0.15) is 0 Å². The summed E-state index contributed by atoms with van der Waals surface area (Å²) in [6, 6.07) is 12.4. The molecule has 6 rings (SSSR count). The number of hydrogen-bond donors (Lipinski definition) is 1. The number of alkyl halides is 2. The number of nitrogens with one attached hydrogen (secondary N) is 1. The molecule has 4 aromatic rings. The molecule has 0 aliphatic heterocycles. The number of fused-ring (bicyclic) bond motifs is 2. The van der Waals surface area contributed by atoms with Crippen LogP contribution < -0.4 is 5.32 Å². The predicted octanol–water partition coefficient (Wildman–Crippen LogP) is 4.93. The number of halogens is 2. The number of aromatic nitrogens is 4. The van der Waals surface area contributed by atoms with E-state index in [-0.39, 0.29) is 24.3 Å². The highest BCUT2D eigenvalue weighted by Gasteiger charge is 2.61. The fourth-order valence-electron chi connectivity index (χ4n) is 5.06. The molecule has 3 heterocycles. The molecule has 0 unspecified atom stereocenters. The molecular formula is C22H19F2N5. The maximum Gasteiger partial charge on any atom is 0.249 e. The summed E-state index contributed by atoms with van der Waals surface area (Å²) in [5.41, 5.74) is 3.87. The van der Waals surface area contributed by atoms with Crippen molar-refractivity contribution < 1.29 is 8.78 Å². The monoisotopic (exact) mass is 391 g/mol. The molecule has 0 atom stereocenters. The smallest absolute Gasteiger partial charge is 0.249 e. The standard InChI is InChI=1S/C22H19F2N5/c23-22(24)12-21(13-22)9-16(10-21)27-20-26-11-19-17(5-7-29(19)28-20)14-3-4-18-15(8-14)2-1-6-25-18/h1-8,11,16H,9-10,12-13H2,(H,27,28). The Hall–Kier alpha value is -3.09. The average Bonchev–Trinajstić information content (AvgIpc) is 3.08. The molecule has 2 fully saturated rings. The Morgan fingerprint density at radius 2 is 1.93 bits per heavy atom. The molecule has 0 saturated heterocycles. The topological polar surface area (TPSA) is 55.1 Å². The number of anilines is 1. The van der Waals surface area contributed by atoms with E-state index in [9.17, 15) is 8.78 Å². The molecule has 29 heavy (non-hydrogen) atoms. The van der Waals surface area contributed by atoms with Gasteiger partial charge in [0.05, 0.1) is 17.2 Å². The van der Waals surface area contributed by atoms with Gasteiger partial charge in [-0.15, -0.1) is 5.10 Å². The number of nitrogens with zero attached hydrogens (tertiary/aromatic N) is 4. The van der Waals surface area contributed by atoms with Crippen molar-refractivity contribution in [3.63, 3.8) is 0 Å². The zero-order chi connectivity index (χ0) is 19.6. The molecule has 1 N–H and O–H groups in total. The van der Waals surface area contributed by atoms with Crippen LogP contribution in [0.5, 0.6) is 0 Å². The lowest BCUT2D eigenvalue weighted by Crippen LogP contribution is -2.57. The van der Waals surface area contributed by atoms with Crippen LogP contribution in [0, 0.1) is 5.41 Å². The van der Waals surface area contributed by atoms with Crippen molar-refractivity contribution in [2.75, 3.05) is 5.32 Å². The van der Waals surface area contributed by atoms with Crippen LogP contribution >= 0.6 is 0 Å². The maximum atomic E-state index is 13.2. The molecule has 1 spiro atoms. The minimum atomic E-state index is -2.46. The summed E-state index contributed by atoms with van der Waals surface area (Å²) in [4.78, 5) is 8.83. The molecule has 0 amide bonds. The summed E-state index contributed by atoms with van der Waals surface area (Å²) in [6.07, 6.45) is 7.11. The van der Waals surface area contributed by atoms with Crippen molar-refractivity contribution in [1.29, 1.82) is 0 Å². The van der Waals surface area contributed by atoms with Crippen molar-refractivity contribution in [3.05, 3.63) is 55.0 Å². The lowest BCUT2D eigenvalue weighted by Gasteiger charge is -2.57. The third-order valence-electron chi connectivity index (χ3n) is 6.29. The second kappa shape index (κ2) is 5.72. The quantitative estimate of drug-likeness (QED) is 0.538. The molecular weight excluding hydrogens is 372 g/mol. The van der Waals surface area contributed by atoms with Gasteiger partial charge in [-0.25, -0.2) is 18.3 Å². The number of pyridine rings is 1. The first-order valence-corrected chi connectivity index (χ1v) is 9.83. The highest BCUT2D eigenvalue weighted by atomic mass is 19.3. The second-order valence-corrected chi connectivity index (χ2v) is 8.51. The van der Waals surface area contributed by atoms with Crippen molar-refractivity contribution in [1.82, 2.24) is 19.6 Å². The van der Waals surface area contributed by atoms with E-state index in [1.807, 2.05) is 41.2 Å². The van der Waals surface area contributed by atoms with Crippen LogP contribution in [0.3, 0.4) is 0 Å². The molecule has 2 aliphatic carbocycles. The maximum absolute atomic E-state index is 13.2. The summed E-state index contributed by atoms with van der Waals surface area (Å²) < 4.78 is 28.1. The van der Waals surface area contributed by atoms with Crippen LogP contribution in [-0.4, -0.2) is 31.5 Å². The summed E-state index contributed by atoms with van der Waals surface area (Å²) in [7, 11) is 0. The third-order valence-corrected chi connectivity index (χ3v) is 6.29. The van der Waals surface area contributed by atoms with Crippen molar-refractivity contribution >= 4 is 22.4 Å². The summed E-state index contributed by atoms with van der Waals surface area (Å²) in [6.45, 7) is 0. The van der Waals surface area contributed by atoms with Gasteiger partial charge in [-0.3, -0.25) is 4.98 Å². The molecule has 146 valence electrons. The minimum Gasteiger partial charge on any atom is -0.350 e. The van der Waals surface area contributed by atoms with E-state index in [1.165, 1.54) is 0 Å². The first-order chi connectivity index (χ1) is 14.0. The van der Waals surface area contributed by atoms with E-state index >= 15 is 0 Å². The van der Waals surface area contributed by atoms with Gasteiger partial charge in [0.25, 0.3) is 0 Å². The highest BCUT2D eigenvalue weighted by molar-refractivity contribution is 5.88. The zero-order valence-corrected chi connectivity index (χ0v) is 15.6. The molecule has 2 aliphatic rings. The Balaban J connectivity index is 1.23. The van der Waals surface area contributed by atoms with Gasteiger partial charge in [0.15, 0.2) is 0 Å². The lowest BCUT2D eigenvalue weighted by molar-refractivity contribution is -0.193. The van der Waals surface area contributed by atoms with Crippen LogP contribution in [-0.2, 0) is 0 Å². The van der Waals surface area contributed by atoms with Crippen LogP contribution in [0.2, 0.25) is 0 Å². The third kappa shape index (κ3) is 2.75. The minimum absolute atomic E-state index is 0.0281. The van der Waals surface area contributed by atoms with Crippen LogP contribution in [0.4, 0.5) is 14.7 Å². The van der Waals surface area contributed by atoms with E-state index in [4.69, 9.17) is 0 Å². The summed E-state index contributed by atoms with van der Waals surface area (Å²) >= 11 is 0. The largest absolute Gasteiger partial charge is 0.350 e. The lowest BCUT2D eigenvalue weighted by atomic mass is 9.52. The van der Waals surface area contributed by atoms with Crippen LogP contribution in [0.15, 0.2) is 55.0 Å². The normalized spacial score (nSPS) is 19.9. The van der Waals surface area contributed by atoms with Gasteiger partial charge in [-0.1, -0.05) is 12.1 Å². The molecule has 7 heteroatoms. The Morgan fingerprint density at radius 1 is 1.07 bits per heavy atom. The van der Waals surface area contributed by atoms with Crippen molar-refractivity contribution in [3.8, 4) is 11.1 Å². The molecule has 0 radical (unpaired) electrons. The van der Waals surface area contributed by atoms with E-state index < -0.39 is 5.92 Å². The van der Waals surface area contributed by atoms with Crippen LogP contribution in [0.1, 0.15) is 25.7 Å². The van der Waals surface area contributed by atoms with Gasteiger partial charge in [-0.05, 0) is 48.1 Å². The second-order valence-electron chi connectivity index (χ2n) is 8.51. The first-order valence-electron chi connectivity index (χ1n) is 9.83. The highest BCUT2D eigenvalue weighted by Crippen LogP contribution is 2.62. The zero-order valence-electron chi connectivity index (χ0n) is 15.6. The number of hydrogen-bond acceptors (Lipinski definition) is 4. The Kier molecular flexibility index (Phi) is 3.32. The number of benzene rings is 1. The summed E-state index contributed by atoms with van der Waals surface area (Å²) in [5, 5.41) is 8.94. The van der Waals surface area contributed by atoms with Crippen molar-refractivity contribution in [2.24, 2.45) is 5.41 Å². The Morgan fingerprint density at radius 3 is 2.76 bits per heavy atom. The first kappa shape index (κ1) is 16.8. The SMILES string of the molecule is FC1(F)CC2(CC(Nc3ncc4c(-c5ccc6ncccc6c5)ccn4n3)C2)C1. The Labute approximate surface area is 165 Å². The Bertz CT molecular complexity index is 1230. The van der Waals surface area contributed by atoms with E-state index in [0.29, 0.717) is 5.95 Å². The summed E-state index contributed by atoms with van der Waals surface area (Å²) in [5.74, 6) is -1.92. The van der Waals surface area contributed by atoms with Gasteiger partial charge in [0, 0.05) is 42.2 Å². The molecule has 2 saturated carbocycles. The molecule has 3 aromatic heterocycles. The molecule has 1 aromatic carbocycles. The van der Waals surface area contributed by atoms with Gasteiger partial charge >= 0.3 is 0 Å². The van der Waals surface area contributed by atoms with Gasteiger partial charge in [0.2, 0.25) is 11.9 Å². The van der Waals surface area contributed by atoms with Gasteiger partial charge < -0.3 is 5.32 Å².